The lowest BCUT2D eigenvalue weighted by molar-refractivity contribution is -0.121. The minimum Gasteiger partial charge on any atom is -0.356 e. The van der Waals surface area contributed by atoms with Crippen molar-refractivity contribution in [2.75, 3.05) is 13.1 Å². The summed E-state index contributed by atoms with van der Waals surface area (Å²) in [4.78, 5) is 11.4. The molecule has 0 spiro atoms. The van der Waals surface area contributed by atoms with E-state index in [2.05, 4.69) is 5.32 Å². The summed E-state index contributed by atoms with van der Waals surface area (Å²) >= 11 is 11.7. The number of nitrogens with two attached hydrogens (primary N) is 1. The van der Waals surface area contributed by atoms with Crippen LogP contribution in [0.1, 0.15) is 24.8 Å². The van der Waals surface area contributed by atoms with Crippen molar-refractivity contribution in [2.45, 2.75) is 25.7 Å². The number of hydrogen-bond acceptors (Lipinski definition) is 2. The Morgan fingerprint density at radius 2 is 2.00 bits per heavy atom. The molecule has 0 aromatic heterocycles. The van der Waals surface area contributed by atoms with Crippen LogP contribution in [0.2, 0.25) is 10.0 Å². The molecule has 5 heteroatoms. The van der Waals surface area contributed by atoms with Crippen molar-refractivity contribution < 1.29 is 4.79 Å². The summed E-state index contributed by atoms with van der Waals surface area (Å²) in [5, 5.41) is 3.94. The second-order valence-corrected chi connectivity index (χ2v) is 4.91. The van der Waals surface area contributed by atoms with E-state index in [9.17, 15) is 4.79 Å². The van der Waals surface area contributed by atoms with Crippen LogP contribution in [0.3, 0.4) is 0 Å². The Kier molecular flexibility index (Phi) is 7.09. The first kappa shape index (κ1) is 15.3. The quantitative estimate of drug-likeness (QED) is 0.758. The molecule has 1 aromatic carbocycles. The molecule has 1 amide bonds. The van der Waals surface area contributed by atoms with E-state index in [1.165, 1.54) is 0 Å². The van der Waals surface area contributed by atoms with E-state index in [4.69, 9.17) is 28.9 Å². The molecule has 0 saturated carbocycles. The minimum atomic E-state index is 0.0727. The van der Waals surface area contributed by atoms with E-state index in [0.29, 0.717) is 29.6 Å². The maximum absolute atomic E-state index is 11.4. The third-order valence-corrected chi connectivity index (χ3v) is 3.30. The van der Waals surface area contributed by atoms with Crippen LogP contribution in [-0.2, 0) is 11.2 Å². The van der Waals surface area contributed by atoms with Gasteiger partial charge in [0, 0.05) is 13.0 Å². The Balaban J connectivity index is 2.24. The van der Waals surface area contributed by atoms with Crippen molar-refractivity contribution in [1.29, 1.82) is 0 Å². The van der Waals surface area contributed by atoms with Crippen LogP contribution in [0.5, 0.6) is 0 Å². The molecule has 1 rings (SSSR count). The predicted octanol–water partition coefficient (Wildman–Crippen LogP) is 2.78. The molecule has 0 unspecified atom stereocenters. The van der Waals surface area contributed by atoms with Crippen molar-refractivity contribution in [3.8, 4) is 0 Å². The Bertz CT molecular complexity index is 397. The Morgan fingerprint density at radius 1 is 1.22 bits per heavy atom. The Hall–Kier alpha value is -0.770. The zero-order valence-electron chi connectivity index (χ0n) is 10.2. The molecule has 18 heavy (non-hydrogen) atoms. The highest BCUT2D eigenvalue weighted by atomic mass is 35.5. The molecule has 0 saturated heterocycles. The maximum Gasteiger partial charge on any atom is 0.220 e. The van der Waals surface area contributed by atoms with E-state index in [0.717, 1.165) is 24.8 Å². The summed E-state index contributed by atoms with van der Waals surface area (Å²) in [5.41, 5.74) is 6.44. The number of benzene rings is 1. The first-order chi connectivity index (χ1) is 8.63. The van der Waals surface area contributed by atoms with E-state index in [1.807, 2.05) is 12.1 Å². The van der Waals surface area contributed by atoms with Gasteiger partial charge in [-0.15, -0.1) is 0 Å². The average molecular weight is 289 g/mol. The van der Waals surface area contributed by atoms with Crippen molar-refractivity contribution in [3.05, 3.63) is 33.8 Å². The number of carbonyl (C=O) groups excluding carboxylic acids is 1. The topological polar surface area (TPSA) is 55.1 Å². The van der Waals surface area contributed by atoms with Gasteiger partial charge in [0.25, 0.3) is 0 Å². The van der Waals surface area contributed by atoms with Gasteiger partial charge < -0.3 is 11.1 Å². The van der Waals surface area contributed by atoms with Crippen LogP contribution in [0.4, 0.5) is 0 Å². The summed E-state index contributed by atoms with van der Waals surface area (Å²) < 4.78 is 0. The standard InChI is InChI=1S/C13H18Cl2N2O/c14-11-6-5-10(9-12(11)15)3-1-4-13(18)17-8-2-7-16/h5-6,9H,1-4,7-8,16H2,(H,17,18). The van der Waals surface area contributed by atoms with E-state index in [-0.39, 0.29) is 5.91 Å². The van der Waals surface area contributed by atoms with Crippen molar-refractivity contribution >= 4 is 29.1 Å². The molecule has 0 atom stereocenters. The van der Waals surface area contributed by atoms with Gasteiger partial charge in [-0.05, 0) is 43.5 Å². The molecule has 0 aliphatic rings. The average Bonchev–Trinajstić information content (AvgIpc) is 2.34. The van der Waals surface area contributed by atoms with Crippen LogP contribution in [-0.4, -0.2) is 19.0 Å². The number of nitrogens with one attached hydrogen (secondary N) is 1. The fraction of sp³-hybridized carbons (Fsp3) is 0.462. The summed E-state index contributed by atoms with van der Waals surface area (Å²) in [7, 11) is 0. The molecule has 100 valence electrons. The molecular weight excluding hydrogens is 271 g/mol. The molecule has 3 N–H and O–H groups in total. The third-order valence-electron chi connectivity index (χ3n) is 2.56. The first-order valence-electron chi connectivity index (χ1n) is 6.04. The fourth-order valence-electron chi connectivity index (χ4n) is 1.57. The summed E-state index contributed by atoms with van der Waals surface area (Å²) in [6.45, 7) is 1.26. The summed E-state index contributed by atoms with van der Waals surface area (Å²) in [6, 6.07) is 5.55. The summed E-state index contributed by atoms with van der Waals surface area (Å²) in [6.07, 6.45) is 2.96. The molecule has 3 nitrogen and oxygen atoms in total. The second kappa shape index (κ2) is 8.35. The smallest absolute Gasteiger partial charge is 0.220 e. The lowest BCUT2D eigenvalue weighted by Crippen LogP contribution is -2.25. The van der Waals surface area contributed by atoms with Gasteiger partial charge in [0.05, 0.1) is 10.0 Å². The number of amides is 1. The highest BCUT2D eigenvalue weighted by molar-refractivity contribution is 6.42. The van der Waals surface area contributed by atoms with Crippen molar-refractivity contribution in [1.82, 2.24) is 5.32 Å². The number of halogens is 2. The van der Waals surface area contributed by atoms with Gasteiger partial charge in [0.1, 0.15) is 0 Å². The van der Waals surface area contributed by atoms with Crippen LogP contribution >= 0.6 is 23.2 Å². The molecule has 0 bridgehead atoms. The molecule has 0 radical (unpaired) electrons. The number of hydrogen-bond donors (Lipinski definition) is 2. The largest absolute Gasteiger partial charge is 0.356 e. The number of aryl methyl sites for hydroxylation is 1. The lowest BCUT2D eigenvalue weighted by Gasteiger charge is -2.05. The highest BCUT2D eigenvalue weighted by Gasteiger charge is 2.03. The zero-order valence-corrected chi connectivity index (χ0v) is 11.7. The molecular formula is C13H18Cl2N2O. The lowest BCUT2D eigenvalue weighted by atomic mass is 10.1. The molecule has 1 aromatic rings. The monoisotopic (exact) mass is 288 g/mol. The van der Waals surface area contributed by atoms with E-state index >= 15 is 0 Å². The van der Waals surface area contributed by atoms with Crippen molar-refractivity contribution in [2.24, 2.45) is 5.73 Å². The molecule has 0 heterocycles. The number of rotatable bonds is 7. The van der Waals surface area contributed by atoms with Gasteiger partial charge in [-0.25, -0.2) is 0 Å². The maximum atomic E-state index is 11.4. The second-order valence-electron chi connectivity index (χ2n) is 4.09. The van der Waals surface area contributed by atoms with Gasteiger partial charge in [-0.2, -0.15) is 0 Å². The van der Waals surface area contributed by atoms with Gasteiger partial charge in [-0.1, -0.05) is 29.3 Å². The van der Waals surface area contributed by atoms with Gasteiger partial charge in [0.2, 0.25) is 5.91 Å². The molecule has 0 fully saturated rings. The van der Waals surface area contributed by atoms with Crippen LogP contribution in [0.15, 0.2) is 18.2 Å². The summed E-state index contributed by atoms with van der Waals surface area (Å²) in [5.74, 6) is 0.0727. The third kappa shape index (κ3) is 5.71. The van der Waals surface area contributed by atoms with Crippen molar-refractivity contribution in [3.63, 3.8) is 0 Å². The minimum absolute atomic E-state index is 0.0727. The Labute approximate surface area is 118 Å². The van der Waals surface area contributed by atoms with Crippen LogP contribution in [0.25, 0.3) is 0 Å². The SMILES string of the molecule is NCCCNC(=O)CCCc1ccc(Cl)c(Cl)c1. The Morgan fingerprint density at radius 3 is 2.67 bits per heavy atom. The zero-order chi connectivity index (χ0) is 13.4. The van der Waals surface area contributed by atoms with Gasteiger partial charge >= 0.3 is 0 Å². The van der Waals surface area contributed by atoms with Crippen LogP contribution < -0.4 is 11.1 Å². The van der Waals surface area contributed by atoms with Crippen LogP contribution in [0, 0.1) is 0 Å². The normalized spacial score (nSPS) is 10.4. The van der Waals surface area contributed by atoms with Gasteiger partial charge in [0.15, 0.2) is 0 Å². The predicted molar refractivity (Wildman–Crippen MR) is 76.1 cm³/mol. The number of carbonyl (C=O) groups is 1. The van der Waals surface area contributed by atoms with E-state index < -0.39 is 0 Å². The first-order valence-corrected chi connectivity index (χ1v) is 6.79. The molecule has 0 aliphatic carbocycles. The molecule has 0 aliphatic heterocycles. The van der Waals surface area contributed by atoms with E-state index in [1.54, 1.807) is 6.07 Å². The highest BCUT2D eigenvalue weighted by Crippen LogP contribution is 2.23. The fourth-order valence-corrected chi connectivity index (χ4v) is 1.89. The van der Waals surface area contributed by atoms with Gasteiger partial charge in [-0.3, -0.25) is 4.79 Å².